The van der Waals surface area contributed by atoms with E-state index in [1.807, 2.05) is 0 Å². The van der Waals surface area contributed by atoms with Crippen LogP contribution in [0.15, 0.2) is 125 Å². The first-order chi connectivity index (χ1) is 15.9. The summed E-state index contributed by atoms with van der Waals surface area (Å²) in [6.07, 6.45) is 2.30. The standard InChI is InChI=1S/C12H11O.3C6H5.Sn/c1-13-11-7-3-6-10-12-8-4-2-5-9-12;3*1-2-4-6-5-3-1;/h2,4-5,8-10H,11H2,1H3;3*1-5H;. The summed E-state index contributed by atoms with van der Waals surface area (Å²) < 4.78 is 10.7. The van der Waals surface area contributed by atoms with Crippen molar-refractivity contribution in [2.45, 2.75) is 0 Å². The van der Waals surface area contributed by atoms with Gasteiger partial charge in [-0.25, -0.2) is 0 Å². The number of allylic oxidation sites excluding steroid dienone is 1. The number of hydrogen-bond acceptors (Lipinski definition) is 1. The van der Waals surface area contributed by atoms with E-state index in [1.54, 1.807) is 7.11 Å². The Bertz CT molecular complexity index is 1110. The molecule has 32 heavy (non-hydrogen) atoms. The third-order valence-electron chi connectivity index (χ3n) is 5.57. The fourth-order valence-electron chi connectivity index (χ4n) is 4.19. The predicted molar refractivity (Wildman–Crippen MR) is 138 cm³/mol. The Morgan fingerprint density at radius 3 is 1.47 bits per heavy atom. The van der Waals surface area contributed by atoms with Gasteiger partial charge in [0.15, 0.2) is 0 Å². The number of rotatable bonds is 6. The molecule has 0 aromatic heterocycles. The minimum atomic E-state index is -3.72. The number of benzene rings is 4. The first-order valence-corrected chi connectivity index (χ1v) is 16.5. The van der Waals surface area contributed by atoms with Crippen LogP contribution in [0, 0.1) is 11.8 Å². The van der Waals surface area contributed by atoms with Crippen molar-refractivity contribution < 1.29 is 4.74 Å². The van der Waals surface area contributed by atoms with E-state index in [0.717, 1.165) is 5.56 Å². The summed E-state index contributed by atoms with van der Waals surface area (Å²) in [6, 6.07) is 43.4. The fourth-order valence-corrected chi connectivity index (χ4v) is 17.5. The number of ether oxygens (including phenoxy) is 1. The normalized spacial score (nSPS) is 11.5. The van der Waals surface area contributed by atoms with Crippen molar-refractivity contribution in [2.24, 2.45) is 0 Å². The van der Waals surface area contributed by atoms with Gasteiger partial charge in [-0.1, -0.05) is 0 Å². The summed E-state index contributed by atoms with van der Waals surface area (Å²) in [4.78, 5) is 0. The average molecular weight is 521 g/mol. The van der Waals surface area contributed by atoms with Crippen molar-refractivity contribution in [3.8, 4) is 11.8 Å². The number of hydrogen-bond donors (Lipinski definition) is 0. The zero-order chi connectivity index (χ0) is 22.1. The molecule has 0 amide bonds. The third kappa shape index (κ3) is 4.72. The van der Waals surface area contributed by atoms with Gasteiger partial charge in [-0.3, -0.25) is 0 Å². The molecular weight excluding hydrogens is 495 g/mol. The van der Waals surface area contributed by atoms with Crippen LogP contribution in [0.5, 0.6) is 0 Å². The molecule has 2 heteroatoms. The van der Waals surface area contributed by atoms with Gasteiger partial charge in [0, 0.05) is 0 Å². The van der Waals surface area contributed by atoms with Gasteiger partial charge in [-0.2, -0.15) is 0 Å². The average Bonchev–Trinajstić information content (AvgIpc) is 2.87. The van der Waals surface area contributed by atoms with Crippen LogP contribution >= 0.6 is 0 Å². The summed E-state index contributed by atoms with van der Waals surface area (Å²) in [5.74, 6) is 6.87. The first kappa shape index (κ1) is 22.1. The van der Waals surface area contributed by atoms with E-state index >= 15 is 0 Å². The van der Waals surface area contributed by atoms with Crippen molar-refractivity contribution in [1.29, 1.82) is 0 Å². The molecular formula is C30H26OSn. The van der Waals surface area contributed by atoms with Crippen LogP contribution in [0.2, 0.25) is 0 Å². The molecule has 0 aliphatic heterocycles. The van der Waals surface area contributed by atoms with Crippen molar-refractivity contribution in [3.63, 3.8) is 0 Å². The Hall–Kier alpha value is -3.06. The molecule has 1 nitrogen and oxygen atoms in total. The monoisotopic (exact) mass is 522 g/mol. The maximum atomic E-state index is 5.29. The molecule has 0 bridgehead atoms. The van der Waals surface area contributed by atoms with Crippen LogP contribution in [0.1, 0.15) is 5.56 Å². The molecule has 0 saturated carbocycles. The second-order valence-electron chi connectivity index (χ2n) is 7.55. The summed E-state index contributed by atoms with van der Waals surface area (Å²) in [7, 11) is 1.69. The molecule has 156 valence electrons. The molecule has 0 fully saturated rings. The van der Waals surface area contributed by atoms with Crippen LogP contribution in [-0.2, 0) is 4.74 Å². The van der Waals surface area contributed by atoms with E-state index in [-0.39, 0.29) is 0 Å². The molecule has 0 radical (unpaired) electrons. The zero-order valence-corrected chi connectivity index (χ0v) is 21.1. The van der Waals surface area contributed by atoms with E-state index in [1.165, 1.54) is 14.3 Å². The molecule has 4 aromatic carbocycles. The molecule has 4 rings (SSSR count). The van der Waals surface area contributed by atoms with Crippen LogP contribution in [0.3, 0.4) is 0 Å². The molecule has 0 unspecified atom stereocenters. The molecule has 0 N–H and O–H groups in total. The van der Waals surface area contributed by atoms with Crippen LogP contribution in [-0.4, -0.2) is 32.1 Å². The van der Waals surface area contributed by atoms with E-state index in [4.69, 9.17) is 4.74 Å². The second kappa shape index (κ2) is 11.0. The SMILES string of the molecule is COCC#C/[C](=C/c1ccccc1)[Sn]([c]1ccccc1)([c]1ccccc1)[c]1ccccc1. The predicted octanol–water partition coefficient (Wildman–Crippen LogP) is 4.43. The summed E-state index contributed by atoms with van der Waals surface area (Å²) in [5.41, 5.74) is 1.16. The molecule has 0 aliphatic carbocycles. The maximum absolute atomic E-state index is 5.29. The van der Waals surface area contributed by atoms with Crippen molar-refractivity contribution >= 4 is 35.2 Å². The van der Waals surface area contributed by atoms with Crippen molar-refractivity contribution in [1.82, 2.24) is 0 Å². The molecule has 0 spiro atoms. The van der Waals surface area contributed by atoms with Gasteiger partial charge in [-0.15, -0.1) is 0 Å². The van der Waals surface area contributed by atoms with E-state index in [0.29, 0.717) is 6.61 Å². The summed E-state index contributed by atoms with van der Waals surface area (Å²) in [6.45, 7) is 0.409. The Balaban J connectivity index is 2.11. The zero-order valence-electron chi connectivity index (χ0n) is 18.2. The topological polar surface area (TPSA) is 9.23 Å². The van der Waals surface area contributed by atoms with Gasteiger partial charge in [0.1, 0.15) is 0 Å². The van der Waals surface area contributed by atoms with Crippen LogP contribution < -0.4 is 10.7 Å². The fraction of sp³-hybridized carbons (Fsp3) is 0.0667. The quantitative estimate of drug-likeness (QED) is 0.270. The summed E-state index contributed by atoms with van der Waals surface area (Å²) >= 11 is -3.72. The van der Waals surface area contributed by atoms with Gasteiger partial charge in [0.2, 0.25) is 0 Å². The van der Waals surface area contributed by atoms with Crippen LogP contribution in [0.4, 0.5) is 0 Å². The van der Waals surface area contributed by atoms with Gasteiger partial charge in [0.05, 0.1) is 0 Å². The van der Waals surface area contributed by atoms with Gasteiger partial charge in [-0.05, 0) is 0 Å². The molecule has 0 heterocycles. The van der Waals surface area contributed by atoms with Gasteiger partial charge >= 0.3 is 196 Å². The minimum absolute atomic E-state index is 0.409. The second-order valence-corrected chi connectivity index (χ2v) is 18.3. The summed E-state index contributed by atoms with van der Waals surface area (Å²) in [5, 5.41) is 0. The van der Waals surface area contributed by atoms with Crippen molar-refractivity contribution in [2.75, 3.05) is 13.7 Å². The Morgan fingerprint density at radius 2 is 1.06 bits per heavy atom. The first-order valence-electron chi connectivity index (χ1n) is 10.8. The number of methoxy groups -OCH3 is 1. The van der Waals surface area contributed by atoms with E-state index in [2.05, 4.69) is 139 Å². The molecule has 0 aliphatic rings. The van der Waals surface area contributed by atoms with Gasteiger partial charge in [0.25, 0.3) is 0 Å². The molecule has 0 saturated heterocycles. The van der Waals surface area contributed by atoms with E-state index in [9.17, 15) is 0 Å². The van der Waals surface area contributed by atoms with E-state index < -0.39 is 18.4 Å². The Morgan fingerprint density at radius 1 is 0.656 bits per heavy atom. The van der Waals surface area contributed by atoms with Gasteiger partial charge < -0.3 is 0 Å². The molecule has 0 atom stereocenters. The van der Waals surface area contributed by atoms with Crippen molar-refractivity contribution in [3.05, 3.63) is 130 Å². The Kier molecular flexibility index (Phi) is 7.61. The third-order valence-corrected chi connectivity index (χ3v) is 18.9. The van der Waals surface area contributed by atoms with Crippen LogP contribution in [0.25, 0.3) is 6.08 Å². The Labute approximate surface area is 195 Å². The molecule has 4 aromatic rings.